The second-order valence-corrected chi connectivity index (χ2v) is 7.34. The molecule has 1 aromatic carbocycles. The molecule has 0 spiro atoms. The van der Waals surface area contributed by atoms with E-state index in [1.807, 2.05) is 4.90 Å². The molecule has 8 nitrogen and oxygen atoms in total. The van der Waals surface area contributed by atoms with Crippen LogP contribution in [0.25, 0.3) is 0 Å². The van der Waals surface area contributed by atoms with E-state index in [4.69, 9.17) is 15.6 Å². The van der Waals surface area contributed by atoms with E-state index in [9.17, 15) is 14.4 Å². The number of carbonyl (C=O) groups is 3. The van der Waals surface area contributed by atoms with Gasteiger partial charge in [0, 0.05) is 24.2 Å². The number of carboxylic acids is 1. The van der Waals surface area contributed by atoms with Gasteiger partial charge in [0.25, 0.3) is 11.8 Å². The quantitative estimate of drug-likeness (QED) is 0.551. The van der Waals surface area contributed by atoms with Crippen molar-refractivity contribution in [3.05, 3.63) is 29.8 Å². The van der Waals surface area contributed by atoms with E-state index in [1.54, 1.807) is 24.3 Å². The number of nitrogens with zero attached hydrogens (tertiary/aromatic N) is 1. The molecule has 27 heavy (non-hydrogen) atoms. The van der Waals surface area contributed by atoms with Crippen LogP contribution in [0, 0.1) is 5.92 Å². The molecule has 0 aromatic heterocycles. The molecule has 0 aliphatic heterocycles. The topological polar surface area (TPSA) is 122 Å². The summed E-state index contributed by atoms with van der Waals surface area (Å²) in [5, 5.41) is 12.1. The fourth-order valence-corrected chi connectivity index (χ4v) is 3.28. The Hall–Kier alpha value is -2.61. The lowest BCUT2D eigenvalue weighted by Gasteiger charge is -2.42. The van der Waals surface area contributed by atoms with Gasteiger partial charge in [0.1, 0.15) is 5.75 Å². The van der Waals surface area contributed by atoms with Crippen LogP contribution in [0.3, 0.4) is 0 Å². The number of primary amides is 1. The van der Waals surface area contributed by atoms with E-state index < -0.39 is 11.9 Å². The standard InChI is InChI=1S/C19H25N3O5/c20-17(23)11-27-16-5-3-13(4-6-16)19(26)21-14-7-15(8-14)22(10-18(24)25)9-12-1-2-12/h3-6,12,14-15H,1-2,7-11H2,(H2,20,23)(H,21,26)(H,24,25). The molecule has 3 rings (SSSR count). The van der Waals surface area contributed by atoms with Gasteiger partial charge in [-0.25, -0.2) is 0 Å². The number of carboxylic acid groups (broad SMARTS) is 1. The van der Waals surface area contributed by atoms with Crippen LogP contribution in [0.2, 0.25) is 0 Å². The number of benzene rings is 1. The van der Waals surface area contributed by atoms with E-state index in [0.29, 0.717) is 17.2 Å². The summed E-state index contributed by atoms with van der Waals surface area (Å²) < 4.78 is 5.16. The normalized spacial score (nSPS) is 21.4. The first kappa shape index (κ1) is 19.2. The molecule has 8 heteroatoms. The third kappa shape index (κ3) is 5.68. The minimum absolute atomic E-state index is 0.0591. The van der Waals surface area contributed by atoms with E-state index in [2.05, 4.69) is 5.32 Å². The van der Waals surface area contributed by atoms with Crippen LogP contribution < -0.4 is 15.8 Å². The predicted octanol–water partition coefficient (Wildman–Crippen LogP) is 0.608. The Morgan fingerprint density at radius 3 is 2.41 bits per heavy atom. The van der Waals surface area contributed by atoms with E-state index >= 15 is 0 Å². The third-order valence-corrected chi connectivity index (χ3v) is 4.99. The van der Waals surface area contributed by atoms with Crippen LogP contribution in [0.15, 0.2) is 24.3 Å². The lowest BCUT2D eigenvalue weighted by Crippen LogP contribution is -2.55. The summed E-state index contributed by atoms with van der Waals surface area (Å²) in [6, 6.07) is 6.77. The van der Waals surface area contributed by atoms with Gasteiger partial charge in [-0.2, -0.15) is 0 Å². The highest BCUT2D eigenvalue weighted by atomic mass is 16.5. The molecule has 146 valence electrons. The van der Waals surface area contributed by atoms with E-state index in [1.165, 1.54) is 12.8 Å². The average Bonchev–Trinajstić information content (AvgIpc) is 3.39. The maximum absolute atomic E-state index is 12.3. The van der Waals surface area contributed by atoms with Gasteiger partial charge >= 0.3 is 5.97 Å². The molecule has 2 saturated carbocycles. The Morgan fingerprint density at radius 1 is 1.19 bits per heavy atom. The number of amides is 2. The highest BCUT2D eigenvalue weighted by Crippen LogP contribution is 2.33. The Bertz CT molecular complexity index is 696. The van der Waals surface area contributed by atoms with Crippen molar-refractivity contribution in [1.29, 1.82) is 0 Å². The second-order valence-electron chi connectivity index (χ2n) is 7.34. The maximum Gasteiger partial charge on any atom is 0.317 e. The van der Waals surface area contributed by atoms with Gasteiger partial charge in [-0.05, 0) is 55.9 Å². The molecular weight excluding hydrogens is 350 g/mol. The van der Waals surface area contributed by atoms with Gasteiger partial charge in [0.05, 0.1) is 6.54 Å². The van der Waals surface area contributed by atoms with Gasteiger partial charge in [-0.15, -0.1) is 0 Å². The number of ether oxygens (including phenoxy) is 1. The van der Waals surface area contributed by atoms with Crippen molar-refractivity contribution in [2.75, 3.05) is 19.7 Å². The van der Waals surface area contributed by atoms with Crippen LogP contribution in [-0.4, -0.2) is 59.6 Å². The molecular formula is C19H25N3O5. The summed E-state index contributed by atoms with van der Waals surface area (Å²) in [6.07, 6.45) is 3.90. The minimum atomic E-state index is -0.804. The van der Waals surface area contributed by atoms with Crippen LogP contribution in [-0.2, 0) is 9.59 Å². The Labute approximate surface area is 157 Å². The van der Waals surface area contributed by atoms with Crippen LogP contribution in [0.5, 0.6) is 5.75 Å². The van der Waals surface area contributed by atoms with E-state index in [-0.39, 0.29) is 31.1 Å². The number of aliphatic carboxylic acids is 1. The monoisotopic (exact) mass is 375 g/mol. The molecule has 4 N–H and O–H groups in total. The average molecular weight is 375 g/mol. The summed E-state index contributed by atoms with van der Waals surface area (Å²) in [4.78, 5) is 36.1. The summed E-state index contributed by atoms with van der Waals surface area (Å²) in [6.45, 7) is 0.696. The molecule has 0 radical (unpaired) electrons. The van der Waals surface area contributed by atoms with Crippen molar-refractivity contribution in [3.8, 4) is 5.75 Å². The third-order valence-electron chi connectivity index (χ3n) is 4.99. The van der Waals surface area contributed by atoms with Crippen LogP contribution in [0.4, 0.5) is 0 Å². The number of rotatable bonds is 10. The number of nitrogens with two attached hydrogens (primary N) is 1. The Balaban J connectivity index is 1.45. The molecule has 2 aliphatic rings. The number of carbonyl (C=O) groups excluding carboxylic acids is 2. The zero-order chi connectivity index (χ0) is 19.4. The van der Waals surface area contributed by atoms with Crippen molar-refractivity contribution < 1.29 is 24.2 Å². The second kappa shape index (κ2) is 8.39. The van der Waals surface area contributed by atoms with Crippen molar-refractivity contribution >= 4 is 17.8 Å². The van der Waals surface area contributed by atoms with Crippen LogP contribution in [0.1, 0.15) is 36.0 Å². The van der Waals surface area contributed by atoms with E-state index in [0.717, 1.165) is 19.4 Å². The molecule has 0 bridgehead atoms. The first-order chi connectivity index (χ1) is 12.9. The predicted molar refractivity (Wildman–Crippen MR) is 97.3 cm³/mol. The smallest absolute Gasteiger partial charge is 0.317 e. The molecule has 0 heterocycles. The Kier molecular flexibility index (Phi) is 5.95. The fourth-order valence-electron chi connectivity index (χ4n) is 3.28. The van der Waals surface area contributed by atoms with Gasteiger partial charge in [0.15, 0.2) is 6.61 Å². The number of hydrogen-bond acceptors (Lipinski definition) is 5. The molecule has 0 atom stereocenters. The summed E-state index contributed by atoms with van der Waals surface area (Å²) in [5.41, 5.74) is 5.52. The van der Waals surface area contributed by atoms with Gasteiger partial charge in [-0.1, -0.05) is 0 Å². The number of hydrogen-bond donors (Lipinski definition) is 3. The fraction of sp³-hybridized carbons (Fsp3) is 0.526. The largest absolute Gasteiger partial charge is 0.484 e. The molecule has 2 aliphatic carbocycles. The summed E-state index contributed by atoms with van der Waals surface area (Å²) in [5.74, 6) is -0.435. The summed E-state index contributed by atoms with van der Waals surface area (Å²) >= 11 is 0. The highest BCUT2D eigenvalue weighted by molar-refractivity contribution is 5.94. The lowest BCUT2D eigenvalue weighted by molar-refractivity contribution is -0.139. The minimum Gasteiger partial charge on any atom is -0.484 e. The Morgan fingerprint density at radius 2 is 1.85 bits per heavy atom. The SMILES string of the molecule is NC(=O)COc1ccc(C(=O)NC2CC(N(CC(=O)O)CC3CC3)C2)cc1. The maximum atomic E-state index is 12.3. The molecule has 2 fully saturated rings. The molecule has 1 aromatic rings. The molecule has 2 amide bonds. The first-order valence-corrected chi connectivity index (χ1v) is 9.18. The highest BCUT2D eigenvalue weighted by Gasteiger charge is 2.37. The molecule has 0 unspecified atom stereocenters. The zero-order valence-electron chi connectivity index (χ0n) is 15.1. The van der Waals surface area contributed by atoms with Crippen molar-refractivity contribution in [1.82, 2.24) is 10.2 Å². The molecule has 0 saturated heterocycles. The van der Waals surface area contributed by atoms with Crippen molar-refractivity contribution in [2.45, 2.75) is 37.8 Å². The number of nitrogens with one attached hydrogen (secondary N) is 1. The van der Waals surface area contributed by atoms with Gasteiger partial charge in [-0.3, -0.25) is 19.3 Å². The van der Waals surface area contributed by atoms with Gasteiger partial charge < -0.3 is 20.9 Å². The van der Waals surface area contributed by atoms with Crippen LogP contribution >= 0.6 is 0 Å². The van der Waals surface area contributed by atoms with Crippen molar-refractivity contribution in [3.63, 3.8) is 0 Å². The summed E-state index contributed by atoms with van der Waals surface area (Å²) in [7, 11) is 0. The van der Waals surface area contributed by atoms with Gasteiger partial charge in [0.2, 0.25) is 0 Å². The zero-order valence-corrected chi connectivity index (χ0v) is 15.1. The first-order valence-electron chi connectivity index (χ1n) is 9.18. The van der Waals surface area contributed by atoms with Crippen molar-refractivity contribution in [2.24, 2.45) is 11.7 Å². The lowest BCUT2D eigenvalue weighted by atomic mass is 9.85.